The molecule has 0 aromatic heterocycles. The highest BCUT2D eigenvalue weighted by molar-refractivity contribution is 4.89. The van der Waals surface area contributed by atoms with Gasteiger partial charge in [-0.15, -0.1) is 5.17 Å². The van der Waals surface area contributed by atoms with E-state index in [1.165, 1.54) is 5.43 Å². The van der Waals surface area contributed by atoms with Crippen molar-refractivity contribution in [2.24, 2.45) is 0 Å². The second-order valence-corrected chi connectivity index (χ2v) is 2.86. The Morgan fingerprint density at radius 1 is 1.07 bits per heavy atom. The summed E-state index contributed by atoms with van der Waals surface area (Å²) >= 11 is 0. The molecular weight excluding hydrogens is 218 g/mol. The predicted octanol–water partition coefficient (Wildman–Crippen LogP) is 1.45. The molecule has 1 fully saturated rings. The van der Waals surface area contributed by atoms with Crippen LogP contribution in [0.4, 0.5) is 26.3 Å². The lowest BCUT2D eigenvalue weighted by Gasteiger charge is -2.18. The maximum absolute atomic E-state index is 12.0. The Morgan fingerprint density at radius 2 is 1.57 bits per heavy atom. The van der Waals surface area contributed by atoms with Crippen LogP contribution in [-0.2, 0) is 0 Å². The third-order valence-corrected chi connectivity index (χ3v) is 1.82. The van der Waals surface area contributed by atoms with Crippen molar-refractivity contribution >= 4 is 0 Å². The van der Waals surface area contributed by atoms with Crippen molar-refractivity contribution in [2.75, 3.05) is 0 Å². The molecule has 84 valence electrons. The van der Waals surface area contributed by atoms with Gasteiger partial charge in [0.2, 0.25) is 0 Å². The minimum absolute atomic E-state index is 0.543. The maximum Gasteiger partial charge on any atom is 0.407 e. The Bertz CT molecular complexity index is 213. The zero-order valence-electron chi connectivity index (χ0n) is 6.52. The number of hydrazine groups is 1. The summed E-state index contributed by atoms with van der Waals surface area (Å²) in [7, 11) is 0. The lowest BCUT2D eigenvalue weighted by atomic mass is 10.1. The normalized spacial score (nSPS) is 31.1. The fourth-order valence-corrected chi connectivity index (χ4v) is 1.10. The van der Waals surface area contributed by atoms with Gasteiger partial charge in [0.05, 0.1) is 0 Å². The van der Waals surface area contributed by atoms with Crippen LogP contribution >= 0.6 is 0 Å². The molecule has 0 aromatic carbocycles. The Balaban J connectivity index is 2.70. The lowest BCUT2D eigenvalue weighted by molar-refractivity contribution is -0.256. The molecule has 1 rings (SSSR count). The van der Waals surface area contributed by atoms with E-state index < -0.39 is 36.0 Å². The highest BCUT2D eigenvalue weighted by Gasteiger charge is 2.55. The van der Waals surface area contributed by atoms with Gasteiger partial charge in [-0.3, -0.25) is 5.21 Å². The van der Waals surface area contributed by atoms with Gasteiger partial charge in [0.25, 0.3) is 0 Å². The number of nitrogens with one attached hydrogen (secondary N) is 1. The predicted molar refractivity (Wildman–Crippen MR) is 31.1 cm³/mol. The van der Waals surface area contributed by atoms with Crippen molar-refractivity contribution in [3.8, 4) is 0 Å². The van der Waals surface area contributed by atoms with E-state index in [9.17, 15) is 26.3 Å². The fourth-order valence-electron chi connectivity index (χ4n) is 1.10. The Kier molecular flexibility index (Phi) is 2.67. The van der Waals surface area contributed by atoms with Gasteiger partial charge in [0.15, 0.2) is 0 Å². The molecule has 1 saturated heterocycles. The van der Waals surface area contributed by atoms with Crippen LogP contribution in [0.25, 0.3) is 0 Å². The highest BCUT2D eigenvalue weighted by atomic mass is 19.4. The molecule has 0 amide bonds. The largest absolute Gasteiger partial charge is 0.407 e. The SMILES string of the molecule is ON1NC(C(F)(F)F)CC1C(F)(F)F. The van der Waals surface area contributed by atoms with Crippen molar-refractivity contribution in [2.45, 2.75) is 30.9 Å². The first-order valence-corrected chi connectivity index (χ1v) is 3.50. The molecule has 0 bridgehead atoms. The van der Waals surface area contributed by atoms with E-state index in [1.807, 2.05) is 0 Å². The van der Waals surface area contributed by atoms with Crippen molar-refractivity contribution in [1.29, 1.82) is 0 Å². The van der Waals surface area contributed by atoms with E-state index in [0.717, 1.165) is 0 Å². The summed E-state index contributed by atoms with van der Waals surface area (Å²) in [4.78, 5) is 0. The molecule has 2 N–H and O–H groups in total. The third kappa shape index (κ3) is 2.28. The van der Waals surface area contributed by atoms with Gasteiger partial charge < -0.3 is 0 Å². The first-order chi connectivity index (χ1) is 6.12. The van der Waals surface area contributed by atoms with Crippen LogP contribution in [0.1, 0.15) is 6.42 Å². The summed E-state index contributed by atoms with van der Waals surface area (Å²) in [5.74, 6) is 0. The smallest absolute Gasteiger partial charge is 0.298 e. The topological polar surface area (TPSA) is 35.5 Å². The quantitative estimate of drug-likeness (QED) is 0.611. The van der Waals surface area contributed by atoms with Gasteiger partial charge in [0.1, 0.15) is 12.1 Å². The molecule has 3 nitrogen and oxygen atoms in total. The van der Waals surface area contributed by atoms with Crippen LogP contribution < -0.4 is 5.43 Å². The molecule has 14 heavy (non-hydrogen) atoms. The average molecular weight is 224 g/mol. The van der Waals surface area contributed by atoms with Crippen LogP contribution in [0.5, 0.6) is 0 Å². The summed E-state index contributed by atoms with van der Waals surface area (Å²) in [6.07, 6.45) is -10.9. The summed E-state index contributed by atoms with van der Waals surface area (Å²) in [5.41, 5.74) is 1.29. The van der Waals surface area contributed by atoms with Crippen molar-refractivity contribution in [1.82, 2.24) is 10.6 Å². The van der Waals surface area contributed by atoms with E-state index >= 15 is 0 Å². The molecule has 0 aromatic rings. The first-order valence-electron chi connectivity index (χ1n) is 3.50. The van der Waals surface area contributed by atoms with Gasteiger partial charge in [-0.05, 0) is 0 Å². The summed E-state index contributed by atoms with van der Waals surface area (Å²) in [6.45, 7) is 0. The molecule has 1 aliphatic heterocycles. The van der Waals surface area contributed by atoms with Crippen molar-refractivity contribution < 1.29 is 31.5 Å². The van der Waals surface area contributed by atoms with Crippen molar-refractivity contribution in [3.63, 3.8) is 0 Å². The van der Waals surface area contributed by atoms with E-state index in [1.54, 1.807) is 0 Å². The first kappa shape index (κ1) is 11.5. The number of hydrogen-bond acceptors (Lipinski definition) is 3. The second kappa shape index (κ2) is 3.24. The standard InChI is InChI=1S/C5H6F6N2O/c6-4(7,8)2-1-3(5(9,10)11)13(14)12-2/h2-3,12,14H,1H2. The summed E-state index contributed by atoms with van der Waals surface area (Å²) in [5, 5.41) is 8.02. The maximum atomic E-state index is 12.0. The zero-order valence-corrected chi connectivity index (χ0v) is 6.52. The minimum Gasteiger partial charge on any atom is -0.298 e. The number of rotatable bonds is 0. The van der Waals surface area contributed by atoms with Gasteiger partial charge in [-0.25, -0.2) is 5.43 Å². The van der Waals surface area contributed by atoms with E-state index in [2.05, 4.69) is 0 Å². The molecule has 0 spiro atoms. The molecule has 9 heteroatoms. The Labute approximate surface area is 74.2 Å². The van der Waals surface area contributed by atoms with Crippen molar-refractivity contribution in [3.05, 3.63) is 0 Å². The molecule has 1 heterocycles. The molecule has 2 atom stereocenters. The molecule has 0 aliphatic carbocycles. The fraction of sp³-hybridized carbons (Fsp3) is 1.00. The van der Waals surface area contributed by atoms with E-state index in [-0.39, 0.29) is 0 Å². The summed E-state index contributed by atoms with van der Waals surface area (Å²) in [6, 6.07) is -4.88. The zero-order chi connectivity index (χ0) is 11.1. The number of nitrogens with zero attached hydrogens (tertiary/aromatic N) is 1. The second-order valence-electron chi connectivity index (χ2n) is 2.86. The summed E-state index contributed by atoms with van der Waals surface area (Å²) < 4.78 is 71.7. The van der Waals surface area contributed by atoms with Crippen LogP contribution in [0, 0.1) is 0 Å². The van der Waals surface area contributed by atoms with Crippen LogP contribution in [0.15, 0.2) is 0 Å². The molecular formula is C5H6F6N2O. The number of alkyl halides is 6. The van der Waals surface area contributed by atoms with Gasteiger partial charge in [-0.2, -0.15) is 26.3 Å². The average Bonchev–Trinajstić information content (AvgIpc) is 2.27. The monoisotopic (exact) mass is 224 g/mol. The number of halogens is 6. The van der Waals surface area contributed by atoms with Crippen LogP contribution in [-0.4, -0.2) is 34.8 Å². The van der Waals surface area contributed by atoms with Gasteiger partial charge in [-0.1, -0.05) is 0 Å². The molecule has 2 unspecified atom stereocenters. The highest BCUT2D eigenvalue weighted by Crippen LogP contribution is 2.35. The van der Waals surface area contributed by atoms with E-state index in [0.29, 0.717) is 0 Å². The van der Waals surface area contributed by atoms with Crippen LogP contribution in [0.2, 0.25) is 0 Å². The molecule has 0 saturated carbocycles. The molecule has 0 radical (unpaired) electrons. The number of hydrogen-bond donors (Lipinski definition) is 2. The van der Waals surface area contributed by atoms with Gasteiger partial charge in [0, 0.05) is 6.42 Å². The Hall–Kier alpha value is -0.540. The minimum atomic E-state index is -4.89. The van der Waals surface area contributed by atoms with Crippen LogP contribution in [0.3, 0.4) is 0 Å². The van der Waals surface area contributed by atoms with Gasteiger partial charge >= 0.3 is 12.4 Å². The number of hydroxylamine groups is 1. The lowest BCUT2D eigenvalue weighted by Crippen LogP contribution is -2.45. The molecule has 1 aliphatic rings. The van der Waals surface area contributed by atoms with E-state index in [4.69, 9.17) is 5.21 Å². The Morgan fingerprint density at radius 3 is 1.79 bits per heavy atom. The third-order valence-electron chi connectivity index (χ3n) is 1.82.